The highest BCUT2D eigenvalue weighted by molar-refractivity contribution is 5.82. The maximum Gasteiger partial charge on any atom is 0.237 e. The van der Waals surface area contributed by atoms with Crippen molar-refractivity contribution in [2.24, 2.45) is 11.7 Å². The Morgan fingerprint density at radius 2 is 1.80 bits per heavy atom. The zero-order valence-electron chi connectivity index (χ0n) is 10.8. The summed E-state index contributed by atoms with van der Waals surface area (Å²) in [6.07, 6.45) is 2.61. The zero-order chi connectivity index (χ0) is 12.1. The predicted molar refractivity (Wildman–Crippen MR) is 64.6 cm³/mol. The molecule has 15 heavy (non-hydrogen) atoms. The minimum absolute atomic E-state index is 0.0186. The summed E-state index contributed by atoms with van der Waals surface area (Å²) in [7, 11) is 0. The van der Waals surface area contributed by atoms with Crippen LogP contribution in [-0.2, 0) is 4.79 Å². The first-order valence-electron chi connectivity index (χ1n) is 5.92. The van der Waals surface area contributed by atoms with Crippen LogP contribution < -0.4 is 11.1 Å². The standard InChI is InChI=1S/C12H26N2O/c1-6-12(5,7-2)14-11(15)10(13)8-9(3)4/h9-10H,6-8,13H2,1-5H3,(H,14,15)/t10-/m0/s1. The molecule has 0 spiro atoms. The van der Waals surface area contributed by atoms with Crippen LogP contribution in [0.4, 0.5) is 0 Å². The van der Waals surface area contributed by atoms with Crippen LogP contribution in [0.1, 0.15) is 53.9 Å². The Labute approximate surface area is 93.8 Å². The van der Waals surface area contributed by atoms with E-state index >= 15 is 0 Å². The normalized spacial score (nSPS) is 14.1. The van der Waals surface area contributed by atoms with E-state index in [1.54, 1.807) is 0 Å². The second-order valence-electron chi connectivity index (χ2n) is 4.99. The van der Waals surface area contributed by atoms with E-state index in [4.69, 9.17) is 5.73 Å². The molecule has 0 aromatic rings. The van der Waals surface area contributed by atoms with Gasteiger partial charge in [0.25, 0.3) is 0 Å². The smallest absolute Gasteiger partial charge is 0.237 e. The van der Waals surface area contributed by atoms with Gasteiger partial charge in [-0.05, 0) is 32.1 Å². The minimum atomic E-state index is -0.373. The molecule has 3 N–H and O–H groups in total. The van der Waals surface area contributed by atoms with Gasteiger partial charge in [-0.1, -0.05) is 27.7 Å². The molecule has 0 aliphatic heterocycles. The van der Waals surface area contributed by atoms with Gasteiger partial charge in [0.15, 0.2) is 0 Å². The average molecular weight is 214 g/mol. The fourth-order valence-corrected chi connectivity index (χ4v) is 1.43. The predicted octanol–water partition coefficient (Wildman–Crippen LogP) is 2.05. The van der Waals surface area contributed by atoms with Gasteiger partial charge in [0.2, 0.25) is 5.91 Å². The summed E-state index contributed by atoms with van der Waals surface area (Å²) < 4.78 is 0. The van der Waals surface area contributed by atoms with E-state index in [2.05, 4.69) is 39.9 Å². The lowest BCUT2D eigenvalue weighted by Gasteiger charge is -2.30. The highest BCUT2D eigenvalue weighted by atomic mass is 16.2. The largest absolute Gasteiger partial charge is 0.350 e. The molecule has 3 nitrogen and oxygen atoms in total. The van der Waals surface area contributed by atoms with Gasteiger partial charge in [0.1, 0.15) is 0 Å². The van der Waals surface area contributed by atoms with Crippen molar-refractivity contribution in [1.82, 2.24) is 5.32 Å². The lowest BCUT2D eigenvalue weighted by atomic mass is 9.94. The number of carbonyl (C=O) groups is 1. The summed E-state index contributed by atoms with van der Waals surface area (Å²) in [6, 6.07) is -0.373. The quantitative estimate of drug-likeness (QED) is 0.711. The van der Waals surface area contributed by atoms with Crippen molar-refractivity contribution >= 4 is 5.91 Å². The molecule has 0 saturated heterocycles. The fraction of sp³-hybridized carbons (Fsp3) is 0.917. The van der Waals surface area contributed by atoms with E-state index in [9.17, 15) is 4.79 Å². The molecular formula is C12H26N2O. The Bertz CT molecular complexity index is 198. The van der Waals surface area contributed by atoms with Gasteiger partial charge in [-0.15, -0.1) is 0 Å². The molecule has 0 unspecified atom stereocenters. The molecule has 0 saturated carbocycles. The van der Waals surface area contributed by atoms with Gasteiger partial charge in [0.05, 0.1) is 6.04 Å². The van der Waals surface area contributed by atoms with Gasteiger partial charge < -0.3 is 11.1 Å². The lowest BCUT2D eigenvalue weighted by molar-refractivity contribution is -0.124. The summed E-state index contributed by atoms with van der Waals surface area (Å²) in [5, 5.41) is 3.03. The first-order chi connectivity index (χ1) is 6.84. The molecule has 0 aromatic carbocycles. The second kappa shape index (κ2) is 6.11. The van der Waals surface area contributed by atoms with Crippen LogP contribution in [0.5, 0.6) is 0 Å². The molecule has 0 rings (SSSR count). The number of amides is 1. The van der Waals surface area contributed by atoms with E-state index in [1.807, 2.05) is 0 Å². The number of nitrogens with two attached hydrogens (primary N) is 1. The van der Waals surface area contributed by atoms with Crippen molar-refractivity contribution in [2.75, 3.05) is 0 Å². The summed E-state index contributed by atoms with van der Waals surface area (Å²) in [4.78, 5) is 11.8. The Hall–Kier alpha value is -0.570. The number of hydrogen-bond donors (Lipinski definition) is 2. The molecule has 3 heteroatoms. The van der Waals surface area contributed by atoms with Crippen molar-refractivity contribution in [3.05, 3.63) is 0 Å². The van der Waals surface area contributed by atoms with E-state index in [1.165, 1.54) is 0 Å². The van der Waals surface area contributed by atoms with Gasteiger partial charge in [-0.25, -0.2) is 0 Å². The molecule has 0 bridgehead atoms. The van der Waals surface area contributed by atoms with Gasteiger partial charge in [-0.2, -0.15) is 0 Å². The molecule has 0 fully saturated rings. The second-order valence-corrected chi connectivity index (χ2v) is 4.99. The zero-order valence-corrected chi connectivity index (χ0v) is 10.8. The Balaban J connectivity index is 4.22. The minimum Gasteiger partial charge on any atom is -0.350 e. The first-order valence-corrected chi connectivity index (χ1v) is 5.92. The average Bonchev–Trinajstić information content (AvgIpc) is 2.16. The maximum absolute atomic E-state index is 11.8. The van der Waals surface area contributed by atoms with Crippen LogP contribution in [-0.4, -0.2) is 17.5 Å². The van der Waals surface area contributed by atoms with Crippen LogP contribution in [0.25, 0.3) is 0 Å². The highest BCUT2D eigenvalue weighted by Crippen LogP contribution is 2.14. The van der Waals surface area contributed by atoms with E-state index in [-0.39, 0.29) is 17.5 Å². The summed E-state index contributed by atoms with van der Waals surface area (Å²) >= 11 is 0. The SMILES string of the molecule is CCC(C)(CC)NC(=O)[C@@H](N)CC(C)C. The Morgan fingerprint density at radius 1 is 1.33 bits per heavy atom. The molecule has 0 aromatic heterocycles. The molecular weight excluding hydrogens is 188 g/mol. The molecule has 1 amide bonds. The van der Waals surface area contributed by atoms with Crippen molar-refractivity contribution in [2.45, 2.75) is 65.5 Å². The van der Waals surface area contributed by atoms with E-state index in [0.717, 1.165) is 19.3 Å². The summed E-state index contributed by atoms with van der Waals surface area (Å²) in [6.45, 7) is 10.4. The molecule has 90 valence electrons. The van der Waals surface area contributed by atoms with Crippen molar-refractivity contribution in [3.63, 3.8) is 0 Å². The molecule has 1 atom stereocenters. The van der Waals surface area contributed by atoms with Gasteiger partial charge >= 0.3 is 0 Å². The van der Waals surface area contributed by atoms with E-state index in [0.29, 0.717) is 5.92 Å². The number of rotatable bonds is 6. The number of hydrogen-bond acceptors (Lipinski definition) is 2. The third-order valence-electron chi connectivity index (χ3n) is 3.05. The Kier molecular flexibility index (Phi) is 5.88. The summed E-state index contributed by atoms with van der Waals surface area (Å²) in [5.74, 6) is 0.440. The monoisotopic (exact) mass is 214 g/mol. The van der Waals surface area contributed by atoms with Gasteiger partial charge in [0, 0.05) is 5.54 Å². The van der Waals surface area contributed by atoms with Crippen LogP contribution >= 0.6 is 0 Å². The van der Waals surface area contributed by atoms with Crippen molar-refractivity contribution < 1.29 is 4.79 Å². The highest BCUT2D eigenvalue weighted by Gasteiger charge is 2.25. The molecule has 0 radical (unpaired) electrons. The molecule has 0 heterocycles. The van der Waals surface area contributed by atoms with Crippen molar-refractivity contribution in [3.8, 4) is 0 Å². The number of nitrogens with one attached hydrogen (secondary N) is 1. The van der Waals surface area contributed by atoms with Crippen LogP contribution in [0.15, 0.2) is 0 Å². The van der Waals surface area contributed by atoms with Crippen LogP contribution in [0.2, 0.25) is 0 Å². The third-order valence-corrected chi connectivity index (χ3v) is 3.05. The topological polar surface area (TPSA) is 55.1 Å². The first kappa shape index (κ1) is 14.4. The molecule has 0 aliphatic carbocycles. The van der Waals surface area contributed by atoms with E-state index < -0.39 is 0 Å². The summed E-state index contributed by atoms with van der Waals surface area (Å²) in [5.41, 5.74) is 5.72. The van der Waals surface area contributed by atoms with Crippen LogP contribution in [0, 0.1) is 5.92 Å². The third kappa shape index (κ3) is 5.17. The molecule has 0 aliphatic rings. The van der Waals surface area contributed by atoms with Crippen LogP contribution in [0.3, 0.4) is 0 Å². The lowest BCUT2D eigenvalue weighted by Crippen LogP contribution is -2.51. The van der Waals surface area contributed by atoms with Gasteiger partial charge in [-0.3, -0.25) is 4.79 Å². The Morgan fingerprint density at radius 3 is 2.13 bits per heavy atom. The van der Waals surface area contributed by atoms with Crippen molar-refractivity contribution in [1.29, 1.82) is 0 Å². The fourth-order valence-electron chi connectivity index (χ4n) is 1.43. The maximum atomic E-state index is 11.8. The number of carbonyl (C=O) groups excluding carboxylic acids is 1.